The molecule has 4 aliphatic heterocycles. The van der Waals surface area contributed by atoms with Gasteiger partial charge >= 0.3 is 12.1 Å². The van der Waals surface area contributed by atoms with E-state index in [4.69, 9.17) is 40.1 Å². The quantitative estimate of drug-likeness (QED) is 0.204. The lowest BCUT2D eigenvalue weighted by Gasteiger charge is -2.41. The van der Waals surface area contributed by atoms with Crippen molar-refractivity contribution in [2.75, 3.05) is 51.6 Å². The highest BCUT2D eigenvalue weighted by Crippen LogP contribution is 2.41. The number of aromatic nitrogens is 3. The third-order valence-corrected chi connectivity index (χ3v) is 10.1. The number of rotatable bonds is 10. The van der Waals surface area contributed by atoms with Crippen molar-refractivity contribution >= 4 is 22.8 Å². The standard InChI is InChI=1S/C37H44F2N6O6/c1-6-28-29(39)11-8-23-14-27(50-22-47-5)15-30(32(23)28)48-20-31-40-33(42-34(41-31)49-21-37-12-7-13-44(37)17-24(38)16-37)43-18-25-9-10-26(19-43)45(25)35(46)51-36(2,3)4/h1,8,11,14-15,24-26H,7,9-10,12-13,16-22H2,2-5H3/t24-,25-,26+,37+/m1/s1. The molecule has 0 N–H and O–H groups in total. The highest BCUT2D eigenvalue weighted by molar-refractivity contribution is 5.94. The van der Waals surface area contributed by atoms with Gasteiger partial charge < -0.3 is 28.6 Å². The largest absolute Gasteiger partial charge is 0.485 e. The summed E-state index contributed by atoms with van der Waals surface area (Å²) in [5, 5.41) is 1.03. The lowest BCUT2D eigenvalue weighted by atomic mass is 9.95. The van der Waals surface area contributed by atoms with Gasteiger partial charge in [-0.15, -0.1) is 6.42 Å². The molecule has 0 unspecified atom stereocenters. The summed E-state index contributed by atoms with van der Waals surface area (Å²) >= 11 is 0. The maximum absolute atomic E-state index is 14.9. The summed E-state index contributed by atoms with van der Waals surface area (Å²) in [5.41, 5.74) is -0.951. The van der Waals surface area contributed by atoms with Gasteiger partial charge in [0.2, 0.25) is 5.95 Å². The lowest BCUT2D eigenvalue weighted by molar-refractivity contribution is 0.0122. The number of methoxy groups -OCH3 is 1. The second-order valence-corrected chi connectivity index (χ2v) is 14.8. The molecule has 0 saturated carbocycles. The van der Waals surface area contributed by atoms with Gasteiger partial charge in [-0.1, -0.05) is 12.0 Å². The van der Waals surface area contributed by atoms with Crippen LogP contribution in [0.1, 0.15) is 64.3 Å². The second kappa shape index (κ2) is 13.9. The third-order valence-electron chi connectivity index (χ3n) is 10.1. The molecule has 4 aliphatic rings. The number of nitrogens with zero attached hydrogens (tertiary/aromatic N) is 6. The number of carbonyl (C=O) groups is 1. The molecule has 4 saturated heterocycles. The molecular formula is C37H44F2N6O6. The fourth-order valence-corrected chi connectivity index (χ4v) is 7.97. The number of hydrogen-bond donors (Lipinski definition) is 0. The first-order chi connectivity index (χ1) is 24.4. The molecule has 7 rings (SSSR count). The molecule has 3 aromatic rings. The first kappa shape index (κ1) is 34.9. The van der Waals surface area contributed by atoms with Gasteiger partial charge in [0, 0.05) is 44.6 Å². The molecule has 12 nitrogen and oxygen atoms in total. The summed E-state index contributed by atoms with van der Waals surface area (Å²) in [5.74, 6) is 3.26. The molecule has 51 heavy (non-hydrogen) atoms. The molecule has 2 aromatic carbocycles. The Bertz CT molecular complexity index is 1820. The lowest BCUT2D eigenvalue weighted by Crippen LogP contribution is -2.57. The zero-order valence-electron chi connectivity index (χ0n) is 29.5. The van der Waals surface area contributed by atoms with E-state index in [1.165, 1.54) is 13.2 Å². The molecule has 1 amide bonds. The molecule has 4 atom stereocenters. The molecule has 5 heterocycles. The first-order valence-corrected chi connectivity index (χ1v) is 17.5. The molecule has 0 radical (unpaired) electrons. The van der Waals surface area contributed by atoms with Crippen molar-refractivity contribution in [3.63, 3.8) is 0 Å². The summed E-state index contributed by atoms with van der Waals surface area (Å²) in [6.45, 7) is 7.90. The van der Waals surface area contributed by atoms with Crippen LogP contribution in [0.15, 0.2) is 24.3 Å². The molecule has 1 aromatic heterocycles. The monoisotopic (exact) mass is 706 g/mol. The van der Waals surface area contributed by atoms with E-state index >= 15 is 0 Å². The van der Waals surface area contributed by atoms with Crippen molar-refractivity contribution < 1.29 is 37.3 Å². The van der Waals surface area contributed by atoms with Crippen molar-refractivity contribution in [2.45, 2.75) is 88.9 Å². The molecule has 0 spiro atoms. The van der Waals surface area contributed by atoms with Gasteiger partial charge in [-0.2, -0.15) is 15.0 Å². The fourth-order valence-electron chi connectivity index (χ4n) is 7.97. The first-order valence-electron chi connectivity index (χ1n) is 17.5. The number of hydrogen-bond acceptors (Lipinski definition) is 11. The zero-order chi connectivity index (χ0) is 35.9. The van der Waals surface area contributed by atoms with E-state index in [0.717, 1.165) is 32.2 Å². The second-order valence-electron chi connectivity index (χ2n) is 14.8. The fraction of sp³-hybridized carbons (Fsp3) is 0.568. The molecule has 272 valence electrons. The van der Waals surface area contributed by atoms with E-state index in [1.807, 2.05) is 30.6 Å². The van der Waals surface area contributed by atoms with E-state index in [9.17, 15) is 13.6 Å². The molecule has 2 bridgehead atoms. The maximum Gasteiger partial charge on any atom is 0.410 e. The van der Waals surface area contributed by atoms with E-state index in [1.54, 1.807) is 18.2 Å². The zero-order valence-corrected chi connectivity index (χ0v) is 29.5. The van der Waals surface area contributed by atoms with Gasteiger partial charge in [0.25, 0.3) is 0 Å². The molecule has 4 fully saturated rings. The van der Waals surface area contributed by atoms with Crippen LogP contribution in [0.4, 0.5) is 19.5 Å². The molecule has 14 heteroatoms. The predicted octanol–water partition coefficient (Wildman–Crippen LogP) is 5.25. The minimum absolute atomic E-state index is 0.00306. The summed E-state index contributed by atoms with van der Waals surface area (Å²) in [6, 6.07) is 6.20. The van der Waals surface area contributed by atoms with Crippen LogP contribution in [0.5, 0.6) is 17.5 Å². The van der Waals surface area contributed by atoms with Gasteiger partial charge in [-0.05, 0) is 70.5 Å². The third kappa shape index (κ3) is 7.19. The Morgan fingerprint density at radius 1 is 1.08 bits per heavy atom. The van der Waals surface area contributed by atoms with Gasteiger partial charge in [0.15, 0.2) is 12.6 Å². The van der Waals surface area contributed by atoms with Crippen molar-refractivity contribution in [1.29, 1.82) is 0 Å². The number of halogens is 2. The summed E-state index contributed by atoms with van der Waals surface area (Å²) in [4.78, 5) is 33.3. The highest BCUT2D eigenvalue weighted by atomic mass is 19.1. The minimum atomic E-state index is -0.903. The summed E-state index contributed by atoms with van der Waals surface area (Å²) in [6.07, 6.45) is 8.38. The molecule has 0 aliphatic carbocycles. The SMILES string of the molecule is C#Cc1c(F)ccc2cc(OCOC)cc(OCc3nc(OC[C@@]45CCCN4C[C@H](F)C5)nc(N4C[C@H]5CC[C@@H](C4)N5C(=O)OC(C)(C)C)n3)c12. The van der Waals surface area contributed by atoms with Gasteiger partial charge in [0.05, 0.1) is 23.2 Å². The summed E-state index contributed by atoms with van der Waals surface area (Å²) < 4.78 is 58.5. The van der Waals surface area contributed by atoms with E-state index in [0.29, 0.717) is 48.5 Å². The number of terminal acetylenes is 1. The van der Waals surface area contributed by atoms with Crippen LogP contribution in [0.25, 0.3) is 10.8 Å². The van der Waals surface area contributed by atoms with Crippen molar-refractivity contribution in [3.05, 3.63) is 41.5 Å². The van der Waals surface area contributed by atoms with Crippen LogP contribution < -0.4 is 19.1 Å². The predicted molar refractivity (Wildman–Crippen MR) is 184 cm³/mol. The van der Waals surface area contributed by atoms with Crippen LogP contribution in [-0.2, 0) is 16.1 Å². The van der Waals surface area contributed by atoms with Crippen LogP contribution in [0.3, 0.4) is 0 Å². The molecular weight excluding hydrogens is 662 g/mol. The Labute approximate surface area is 296 Å². The topological polar surface area (TPSA) is 112 Å². The Hall–Kier alpha value is -4.48. The normalized spacial score (nSPS) is 24.5. The van der Waals surface area contributed by atoms with E-state index in [2.05, 4.69) is 15.8 Å². The average Bonchev–Trinajstić information content (AvgIpc) is 3.71. The Kier molecular flexibility index (Phi) is 9.54. The minimum Gasteiger partial charge on any atom is -0.485 e. The van der Waals surface area contributed by atoms with Crippen LogP contribution in [-0.4, -0.2) is 107 Å². The van der Waals surface area contributed by atoms with Crippen molar-refractivity contribution in [2.24, 2.45) is 0 Å². The van der Waals surface area contributed by atoms with Gasteiger partial charge in [0.1, 0.15) is 42.3 Å². The van der Waals surface area contributed by atoms with E-state index in [-0.39, 0.29) is 61.3 Å². The van der Waals surface area contributed by atoms with E-state index < -0.39 is 23.1 Å². The highest BCUT2D eigenvalue weighted by Gasteiger charge is 2.50. The number of benzene rings is 2. The number of piperazine rings is 1. The van der Waals surface area contributed by atoms with Crippen LogP contribution in [0.2, 0.25) is 0 Å². The van der Waals surface area contributed by atoms with Crippen LogP contribution >= 0.6 is 0 Å². The maximum atomic E-state index is 14.9. The van der Waals surface area contributed by atoms with Crippen molar-refractivity contribution in [3.8, 4) is 29.9 Å². The average molecular weight is 707 g/mol. The number of carbonyl (C=O) groups excluding carboxylic acids is 1. The number of anilines is 1. The van der Waals surface area contributed by atoms with Crippen LogP contribution in [0, 0.1) is 18.2 Å². The Morgan fingerprint density at radius 3 is 2.59 bits per heavy atom. The Balaban J connectivity index is 1.18. The summed E-state index contributed by atoms with van der Waals surface area (Å²) in [7, 11) is 1.51. The van der Waals surface area contributed by atoms with Crippen molar-refractivity contribution in [1.82, 2.24) is 24.8 Å². The van der Waals surface area contributed by atoms with Gasteiger partial charge in [-0.25, -0.2) is 13.6 Å². The number of ether oxygens (including phenoxy) is 5. The number of amides is 1. The number of fused-ring (bicyclic) bond motifs is 4. The van der Waals surface area contributed by atoms with Gasteiger partial charge in [-0.3, -0.25) is 9.80 Å². The Morgan fingerprint density at radius 2 is 1.86 bits per heavy atom. The number of alkyl halides is 1. The smallest absolute Gasteiger partial charge is 0.410 e.